The Hall–Kier alpha value is -3.01. The lowest BCUT2D eigenvalue weighted by molar-refractivity contribution is -0.133. The summed E-state index contributed by atoms with van der Waals surface area (Å²) < 4.78 is 28.4. The van der Waals surface area contributed by atoms with E-state index in [-0.39, 0.29) is 35.3 Å². The van der Waals surface area contributed by atoms with E-state index in [1.807, 2.05) is 35.2 Å². The van der Waals surface area contributed by atoms with E-state index in [1.165, 1.54) is 28.2 Å². The predicted octanol–water partition coefficient (Wildman–Crippen LogP) is 4.03. The fraction of sp³-hybridized carbons (Fsp3) is 0.308. The Labute approximate surface area is 209 Å². The lowest BCUT2D eigenvalue weighted by Crippen LogP contribution is -2.47. The molecule has 182 valence electrons. The van der Waals surface area contributed by atoms with Gasteiger partial charge in [-0.1, -0.05) is 30.3 Å². The number of hydrogen-bond donors (Lipinski definition) is 1. The van der Waals surface area contributed by atoms with Crippen molar-refractivity contribution in [2.75, 3.05) is 18.4 Å². The number of carbonyl (C=O) groups is 2. The molecule has 1 fully saturated rings. The van der Waals surface area contributed by atoms with E-state index in [9.17, 15) is 18.0 Å². The summed E-state index contributed by atoms with van der Waals surface area (Å²) in [6.07, 6.45) is 2.25. The maximum Gasteiger partial charge on any atom is 0.243 e. The normalized spacial score (nSPS) is 17.8. The molecule has 1 unspecified atom stereocenters. The van der Waals surface area contributed by atoms with Crippen LogP contribution in [-0.4, -0.2) is 48.6 Å². The molecule has 3 aromatic rings. The van der Waals surface area contributed by atoms with Crippen molar-refractivity contribution in [3.63, 3.8) is 0 Å². The molecule has 0 spiro atoms. The van der Waals surface area contributed by atoms with Crippen molar-refractivity contribution in [2.45, 2.75) is 43.2 Å². The van der Waals surface area contributed by atoms with Gasteiger partial charge in [-0.3, -0.25) is 9.59 Å². The maximum atomic E-state index is 13.7. The third-order valence-electron chi connectivity index (χ3n) is 6.43. The first-order chi connectivity index (χ1) is 16.8. The van der Waals surface area contributed by atoms with Crippen LogP contribution in [-0.2, 0) is 26.0 Å². The summed E-state index contributed by atoms with van der Waals surface area (Å²) in [6, 6.07) is 17.7. The van der Waals surface area contributed by atoms with Crippen molar-refractivity contribution in [3.05, 3.63) is 82.0 Å². The molecular weight excluding hydrogens is 482 g/mol. The molecule has 1 aromatic heterocycles. The molecule has 35 heavy (non-hydrogen) atoms. The third kappa shape index (κ3) is 4.89. The molecule has 1 N–H and O–H groups in total. The van der Waals surface area contributed by atoms with E-state index in [0.29, 0.717) is 12.2 Å². The van der Waals surface area contributed by atoms with Gasteiger partial charge in [-0.05, 0) is 66.1 Å². The zero-order chi connectivity index (χ0) is 24.6. The first-order valence-electron chi connectivity index (χ1n) is 11.6. The summed E-state index contributed by atoms with van der Waals surface area (Å²) >= 11 is 1.70. The number of amides is 2. The lowest BCUT2D eigenvalue weighted by Gasteiger charge is -2.37. The van der Waals surface area contributed by atoms with Crippen molar-refractivity contribution >= 4 is 38.9 Å². The average molecular weight is 510 g/mol. The topological polar surface area (TPSA) is 86.8 Å². The van der Waals surface area contributed by atoms with Crippen LogP contribution < -0.4 is 5.32 Å². The van der Waals surface area contributed by atoms with E-state index in [0.717, 1.165) is 30.4 Å². The number of benzene rings is 2. The molecule has 9 heteroatoms. The van der Waals surface area contributed by atoms with Gasteiger partial charge in [-0.2, -0.15) is 4.31 Å². The summed E-state index contributed by atoms with van der Waals surface area (Å²) in [5.74, 6) is -0.421. The number of fused-ring (bicyclic) bond motifs is 1. The number of sulfonamides is 1. The standard InChI is InChI=1S/C26H27N3O4S2/c1-18(30)27-20-7-11-22(12-8-20)35(32,33)29(21-9-10-21)17-25(31)28-15-13-24-23(14-16-34-24)26(28)19-5-3-2-4-6-19/h2-8,11-12,14,16,21,26H,9-10,13,15,17H2,1H3,(H,27,30). The summed E-state index contributed by atoms with van der Waals surface area (Å²) in [7, 11) is -3.87. The first-order valence-corrected chi connectivity index (χ1v) is 14.0. The summed E-state index contributed by atoms with van der Waals surface area (Å²) in [6.45, 7) is 1.76. The largest absolute Gasteiger partial charge is 0.330 e. The average Bonchev–Trinajstić information content (AvgIpc) is 3.57. The molecule has 1 aliphatic carbocycles. The van der Waals surface area contributed by atoms with Gasteiger partial charge >= 0.3 is 0 Å². The van der Waals surface area contributed by atoms with Gasteiger partial charge in [0.05, 0.1) is 17.5 Å². The van der Waals surface area contributed by atoms with Crippen molar-refractivity contribution in [1.82, 2.24) is 9.21 Å². The van der Waals surface area contributed by atoms with Crippen LogP contribution in [0.5, 0.6) is 0 Å². The summed E-state index contributed by atoms with van der Waals surface area (Å²) in [4.78, 5) is 28.2. The van der Waals surface area contributed by atoms with Gasteiger partial charge in [0.2, 0.25) is 21.8 Å². The molecule has 1 atom stereocenters. The second-order valence-corrected chi connectivity index (χ2v) is 11.8. The smallest absolute Gasteiger partial charge is 0.243 e. The second-order valence-electron chi connectivity index (χ2n) is 8.94. The number of anilines is 1. The zero-order valence-corrected chi connectivity index (χ0v) is 21.0. The summed E-state index contributed by atoms with van der Waals surface area (Å²) in [5.41, 5.74) is 2.67. The van der Waals surface area contributed by atoms with Gasteiger partial charge in [-0.25, -0.2) is 8.42 Å². The van der Waals surface area contributed by atoms with Crippen LogP contribution in [0.1, 0.15) is 41.8 Å². The van der Waals surface area contributed by atoms with Crippen LogP contribution in [0.15, 0.2) is 70.9 Å². The molecule has 2 amide bonds. The number of carbonyl (C=O) groups excluding carboxylic acids is 2. The Morgan fingerprint density at radius 1 is 1.06 bits per heavy atom. The van der Waals surface area contributed by atoms with Gasteiger partial charge in [0.1, 0.15) is 0 Å². The Kier molecular flexibility index (Phi) is 6.48. The molecule has 0 bridgehead atoms. The van der Waals surface area contributed by atoms with Crippen LogP contribution in [0.3, 0.4) is 0 Å². The van der Waals surface area contributed by atoms with Crippen LogP contribution in [0.4, 0.5) is 5.69 Å². The molecule has 1 aliphatic heterocycles. The lowest BCUT2D eigenvalue weighted by atomic mass is 9.93. The van der Waals surface area contributed by atoms with E-state index in [1.54, 1.807) is 23.5 Å². The molecule has 2 aromatic carbocycles. The molecule has 5 rings (SSSR count). The van der Waals surface area contributed by atoms with Crippen molar-refractivity contribution in [2.24, 2.45) is 0 Å². The minimum atomic E-state index is -3.87. The van der Waals surface area contributed by atoms with Gasteiger partial charge < -0.3 is 10.2 Å². The number of nitrogens with zero attached hydrogens (tertiary/aromatic N) is 2. The fourth-order valence-electron chi connectivity index (χ4n) is 4.63. The molecule has 0 radical (unpaired) electrons. The van der Waals surface area contributed by atoms with Crippen molar-refractivity contribution in [3.8, 4) is 0 Å². The quantitative estimate of drug-likeness (QED) is 0.521. The number of hydrogen-bond acceptors (Lipinski definition) is 5. The van der Waals surface area contributed by atoms with Gasteiger partial charge in [0.25, 0.3) is 0 Å². The predicted molar refractivity (Wildman–Crippen MR) is 136 cm³/mol. The van der Waals surface area contributed by atoms with E-state index >= 15 is 0 Å². The first kappa shape index (κ1) is 23.7. The fourth-order valence-corrected chi connectivity index (χ4v) is 7.16. The monoisotopic (exact) mass is 509 g/mol. The number of nitrogens with one attached hydrogen (secondary N) is 1. The Bertz CT molecular complexity index is 1330. The van der Waals surface area contributed by atoms with Gasteiger partial charge in [0, 0.05) is 30.1 Å². The zero-order valence-electron chi connectivity index (χ0n) is 19.4. The van der Waals surface area contributed by atoms with Crippen LogP contribution >= 0.6 is 11.3 Å². The van der Waals surface area contributed by atoms with Gasteiger partial charge in [-0.15, -0.1) is 11.3 Å². The number of thiophene rings is 1. The molecule has 2 aliphatic rings. The van der Waals surface area contributed by atoms with Crippen LogP contribution in [0, 0.1) is 0 Å². The Morgan fingerprint density at radius 2 is 1.77 bits per heavy atom. The molecule has 2 heterocycles. The maximum absolute atomic E-state index is 13.7. The van der Waals surface area contributed by atoms with Gasteiger partial charge in [0.15, 0.2) is 0 Å². The van der Waals surface area contributed by atoms with E-state index in [4.69, 9.17) is 0 Å². The highest BCUT2D eigenvalue weighted by atomic mass is 32.2. The molecule has 7 nitrogen and oxygen atoms in total. The van der Waals surface area contributed by atoms with Crippen molar-refractivity contribution < 1.29 is 18.0 Å². The molecular formula is C26H27N3O4S2. The number of rotatable bonds is 7. The van der Waals surface area contributed by atoms with Crippen LogP contribution in [0.2, 0.25) is 0 Å². The van der Waals surface area contributed by atoms with E-state index in [2.05, 4.69) is 16.8 Å². The van der Waals surface area contributed by atoms with E-state index < -0.39 is 10.0 Å². The minimum absolute atomic E-state index is 0.115. The minimum Gasteiger partial charge on any atom is -0.330 e. The Morgan fingerprint density at radius 3 is 2.43 bits per heavy atom. The SMILES string of the molecule is CC(=O)Nc1ccc(S(=O)(=O)N(CC(=O)N2CCc3sccc3C2c2ccccc2)C2CC2)cc1. The molecule has 0 saturated heterocycles. The third-order valence-corrected chi connectivity index (χ3v) is 9.34. The van der Waals surface area contributed by atoms with Crippen molar-refractivity contribution in [1.29, 1.82) is 0 Å². The highest BCUT2D eigenvalue weighted by Crippen LogP contribution is 2.39. The second kappa shape index (κ2) is 9.56. The highest BCUT2D eigenvalue weighted by molar-refractivity contribution is 7.89. The molecule has 1 saturated carbocycles. The van der Waals surface area contributed by atoms with Crippen LogP contribution in [0.25, 0.3) is 0 Å². The highest BCUT2D eigenvalue weighted by Gasteiger charge is 2.41. The summed E-state index contributed by atoms with van der Waals surface area (Å²) in [5, 5.41) is 4.70. The Balaban J connectivity index is 1.41.